The monoisotopic (exact) mass is 185 g/mol. The van der Waals surface area contributed by atoms with E-state index in [9.17, 15) is 5.21 Å². The molecule has 0 bridgehead atoms. The number of nitrogens with zero attached hydrogens (tertiary/aromatic N) is 1. The molecular weight excluding hydrogens is 178 g/mol. The lowest BCUT2D eigenvalue weighted by molar-refractivity contribution is -0.788. The lowest BCUT2D eigenvalue weighted by Gasteiger charge is -1.95. The van der Waals surface area contributed by atoms with Crippen molar-refractivity contribution in [1.29, 1.82) is 0 Å². The molecule has 0 aliphatic heterocycles. The highest BCUT2D eigenvalue weighted by atomic mass is 16.7. The van der Waals surface area contributed by atoms with Gasteiger partial charge < -0.3 is 4.52 Å². The van der Waals surface area contributed by atoms with Gasteiger partial charge in [0.2, 0.25) is 6.20 Å². The van der Waals surface area contributed by atoms with Gasteiger partial charge in [-0.1, -0.05) is 30.3 Å². The molecule has 0 aliphatic rings. The molecule has 0 unspecified atom stereocenters. The van der Waals surface area contributed by atoms with Gasteiger partial charge in [-0.3, -0.25) is 5.21 Å². The molecule has 68 valence electrons. The van der Waals surface area contributed by atoms with Crippen molar-refractivity contribution in [1.82, 2.24) is 0 Å². The zero-order valence-corrected chi connectivity index (χ0v) is 7.31. The lowest BCUT2D eigenvalue weighted by atomic mass is 10.1. The number of rotatable bonds is 0. The Hall–Kier alpha value is -2.03. The van der Waals surface area contributed by atoms with Gasteiger partial charge in [0, 0.05) is 4.90 Å². The maximum Gasteiger partial charge on any atom is 0.242 e. The van der Waals surface area contributed by atoms with Crippen LogP contribution in [-0.2, 0) is 0 Å². The zero-order chi connectivity index (χ0) is 9.54. The Morgan fingerprint density at radius 1 is 1.00 bits per heavy atom. The number of hydrogen-bond donors (Lipinski definition) is 0. The largest absolute Gasteiger partial charge is 0.367 e. The van der Waals surface area contributed by atoms with E-state index in [4.69, 9.17) is 4.52 Å². The van der Waals surface area contributed by atoms with Gasteiger partial charge in [-0.25, -0.2) is 0 Å². The van der Waals surface area contributed by atoms with Crippen LogP contribution in [0.1, 0.15) is 0 Å². The van der Waals surface area contributed by atoms with Gasteiger partial charge in [-0.15, -0.1) is 0 Å². The van der Waals surface area contributed by atoms with Crippen LogP contribution in [0, 0.1) is 5.21 Å². The van der Waals surface area contributed by atoms with E-state index in [1.54, 1.807) is 0 Å². The van der Waals surface area contributed by atoms with Crippen LogP contribution in [0.15, 0.2) is 47.1 Å². The summed E-state index contributed by atoms with van der Waals surface area (Å²) in [6, 6.07) is 11.7. The van der Waals surface area contributed by atoms with Crippen molar-refractivity contribution in [2.75, 3.05) is 0 Å². The highest BCUT2D eigenvalue weighted by molar-refractivity contribution is 6.04. The van der Waals surface area contributed by atoms with Gasteiger partial charge in [0.15, 0.2) is 0 Å². The van der Waals surface area contributed by atoms with Crippen LogP contribution < -0.4 is 4.90 Å². The summed E-state index contributed by atoms with van der Waals surface area (Å²) in [6.07, 6.45) is 1.46. The Morgan fingerprint density at radius 2 is 1.86 bits per heavy atom. The molecule has 14 heavy (non-hydrogen) atoms. The minimum atomic E-state index is 0.483. The molecule has 3 heteroatoms. The molecule has 0 fully saturated rings. The smallest absolute Gasteiger partial charge is 0.242 e. The average molecular weight is 185 g/mol. The minimum absolute atomic E-state index is 0.483. The molecule has 0 amide bonds. The highest BCUT2D eigenvalue weighted by Crippen LogP contribution is 2.23. The fourth-order valence-corrected chi connectivity index (χ4v) is 1.72. The van der Waals surface area contributed by atoms with Gasteiger partial charge in [-0.2, -0.15) is 0 Å². The maximum atomic E-state index is 11.0. The lowest BCUT2D eigenvalue weighted by Crippen LogP contribution is -2.19. The van der Waals surface area contributed by atoms with E-state index in [1.165, 1.54) is 6.20 Å². The molecule has 0 atom stereocenters. The van der Waals surface area contributed by atoms with Gasteiger partial charge in [0.25, 0.3) is 0 Å². The normalized spacial score (nSPS) is 11.1. The van der Waals surface area contributed by atoms with Crippen molar-refractivity contribution in [3.8, 4) is 0 Å². The minimum Gasteiger partial charge on any atom is -0.367 e. The van der Waals surface area contributed by atoms with E-state index in [0.717, 1.165) is 16.2 Å². The first-order valence-corrected chi connectivity index (χ1v) is 4.35. The average Bonchev–Trinajstić information content (AvgIpc) is 2.59. The van der Waals surface area contributed by atoms with Crippen LogP contribution in [0.3, 0.4) is 0 Å². The summed E-state index contributed by atoms with van der Waals surface area (Å²) in [6.45, 7) is 0. The Kier molecular flexibility index (Phi) is 1.31. The van der Waals surface area contributed by atoms with Crippen LogP contribution in [0.2, 0.25) is 0 Å². The zero-order valence-electron chi connectivity index (χ0n) is 7.31. The second kappa shape index (κ2) is 2.48. The molecule has 0 saturated carbocycles. The van der Waals surface area contributed by atoms with E-state index >= 15 is 0 Å². The molecule has 0 radical (unpaired) electrons. The maximum absolute atomic E-state index is 11.0. The van der Waals surface area contributed by atoms with Crippen molar-refractivity contribution in [2.45, 2.75) is 0 Å². The molecule has 0 spiro atoms. The Labute approximate surface area is 79.7 Å². The number of hydrogen-bond acceptors (Lipinski definition) is 2. The molecule has 3 rings (SSSR count). The fourth-order valence-electron chi connectivity index (χ4n) is 1.72. The predicted molar refractivity (Wildman–Crippen MR) is 52.7 cm³/mol. The molecule has 3 nitrogen and oxygen atoms in total. The quantitative estimate of drug-likeness (QED) is 0.504. The van der Waals surface area contributed by atoms with Crippen LogP contribution in [-0.4, -0.2) is 0 Å². The summed E-state index contributed by atoms with van der Waals surface area (Å²) >= 11 is 0. The summed E-state index contributed by atoms with van der Waals surface area (Å²) in [5, 5.41) is 14.0. The van der Waals surface area contributed by atoms with Crippen molar-refractivity contribution in [3.63, 3.8) is 0 Å². The first-order chi connectivity index (χ1) is 6.84. The third-order valence-electron chi connectivity index (χ3n) is 2.35. The molecule has 1 heterocycles. The summed E-state index contributed by atoms with van der Waals surface area (Å²) in [4.78, 5) is 0.483. The molecule has 2 aromatic carbocycles. The van der Waals surface area contributed by atoms with Crippen LogP contribution in [0.4, 0.5) is 0 Å². The fraction of sp³-hybridized carbons (Fsp3) is 0. The SMILES string of the molecule is [O-][n+]1cc2c(ccc3ccccc32)o1. The van der Waals surface area contributed by atoms with E-state index < -0.39 is 0 Å². The topological polar surface area (TPSA) is 40.1 Å². The summed E-state index contributed by atoms with van der Waals surface area (Å²) in [5.74, 6) is 0. The van der Waals surface area contributed by atoms with Gasteiger partial charge in [-0.05, 0) is 16.8 Å². The Morgan fingerprint density at radius 3 is 2.79 bits per heavy atom. The first-order valence-electron chi connectivity index (χ1n) is 4.35. The van der Waals surface area contributed by atoms with E-state index in [0.29, 0.717) is 10.5 Å². The number of fused-ring (bicyclic) bond motifs is 3. The molecule has 0 N–H and O–H groups in total. The van der Waals surface area contributed by atoms with Crippen molar-refractivity contribution >= 4 is 21.7 Å². The predicted octanol–water partition coefficient (Wildman–Crippen LogP) is 2.22. The Balaban J connectivity index is 2.60. The van der Waals surface area contributed by atoms with Gasteiger partial charge in [0.05, 0.1) is 11.0 Å². The van der Waals surface area contributed by atoms with Crippen molar-refractivity contribution in [2.24, 2.45) is 0 Å². The molecule has 1 aromatic heterocycles. The van der Waals surface area contributed by atoms with E-state index in [2.05, 4.69) is 0 Å². The third-order valence-corrected chi connectivity index (χ3v) is 2.35. The molecule has 0 saturated heterocycles. The number of benzene rings is 2. The first kappa shape index (κ1) is 7.38. The third kappa shape index (κ3) is 0.893. The summed E-state index contributed by atoms with van der Waals surface area (Å²) in [7, 11) is 0. The summed E-state index contributed by atoms with van der Waals surface area (Å²) in [5.41, 5.74) is 0.624. The van der Waals surface area contributed by atoms with Gasteiger partial charge in [0.1, 0.15) is 0 Å². The van der Waals surface area contributed by atoms with E-state index in [-0.39, 0.29) is 0 Å². The summed E-state index contributed by atoms with van der Waals surface area (Å²) < 4.78 is 4.94. The van der Waals surface area contributed by atoms with Crippen LogP contribution >= 0.6 is 0 Å². The number of aromatic nitrogens is 1. The highest BCUT2D eigenvalue weighted by Gasteiger charge is 2.05. The second-order valence-electron chi connectivity index (χ2n) is 3.20. The van der Waals surface area contributed by atoms with Gasteiger partial charge >= 0.3 is 0 Å². The van der Waals surface area contributed by atoms with Crippen LogP contribution in [0.25, 0.3) is 21.7 Å². The Bertz CT molecular complexity index is 613. The van der Waals surface area contributed by atoms with E-state index in [1.807, 2.05) is 36.4 Å². The molecule has 3 aromatic rings. The second-order valence-corrected chi connectivity index (χ2v) is 3.20. The van der Waals surface area contributed by atoms with Crippen LogP contribution in [0.5, 0.6) is 0 Å². The van der Waals surface area contributed by atoms with Crippen molar-refractivity contribution in [3.05, 3.63) is 47.8 Å². The standard InChI is InChI=1S/C11H7NO2/c13-12-7-10-9-4-2-1-3-8(9)5-6-11(10)14-12/h1-7H. The van der Waals surface area contributed by atoms with Crippen molar-refractivity contribution < 1.29 is 9.43 Å². The molecular formula is C11H7NO2. The molecule has 0 aliphatic carbocycles.